The highest BCUT2D eigenvalue weighted by molar-refractivity contribution is 7.22. The Balaban J connectivity index is 1.14. The van der Waals surface area contributed by atoms with Crippen molar-refractivity contribution in [1.29, 1.82) is 0 Å². The standard InChI is InChI=1S/C53H56FN7O8S/c1-33-28-40(65-27-26-61-24-22-60(6)23-25-61)29-34(2)45(33)46-47-50(56-32-57-51(47)70-48(46)36-16-18-38(54)19-17-36)69-44(52(62)67-35(3)68-53(63)59(4)5)30-37-12-8-10-14-42(37)66-31-39-20-21-55-49(58-39)41-13-9-11-15-43(41)64-7/h8-21,28-29,32,35,44H,22-27,30-31H2,1-7H3/t35?,44-/m1/s1. The zero-order valence-electron chi connectivity index (χ0n) is 40.3. The second-order valence-corrected chi connectivity index (χ2v) is 18.2. The smallest absolute Gasteiger partial charge is 0.412 e. The highest BCUT2D eigenvalue weighted by Gasteiger charge is 2.31. The molecule has 0 aliphatic carbocycles. The molecule has 0 bridgehead atoms. The lowest BCUT2D eigenvalue weighted by Crippen LogP contribution is -2.45. The first-order valence-corrected chi connectivity index (χ1v) is 23.8. The normalized spacial score (nSPS) is 13.9. The summed E-state index contributed by atoms with van der Waals surface area (Å²) in [7, 11) is 6.79. The molecule has 3 aromatic heterocycles. The molecule has 1 aliphatic rings. The summed E-state index contributed by atoms with van der Waals surface area (Å²) < 4.78 is 50.6. The summed E-state index contributed by atoms with van der Waals surface area (Å²) in [5.74, 6) is 1.24. The molecule has 4 aromatic carbocycles. The van der Waals surface area contributed by atoms with Gasteiger partial charge in [0.2, 0.25) is 18.3 Å². The number of hydrogen-bond donors (Lipinski definition) is 0. The molecule has 8 rings (SSSR count). The number of esters is 1. The molecule has 0 saturated carbocycles. The van der Waals surface area contributed by atoms with Gasteiger partial charge in [0.1, 0.15) is 47.4 Å². The number of nitrogens with zero attached hydrogens (tertiary/aromatic N) is 7. The van der Waals surface area contributed by atoms with E-state index in [2.05, 4.69) is 26.8 Å². The van der Waals surface area contributed by atoms with E-state index in [-0.39, 0.29) is 24.7 Å². The van der Waals surface area contributed by atoms with E-state index >= 15 is 0 Å². The molecule has 0 spiro atoms. The Labute approximate surface area is 410 Å². The maximum absolute atomic E-state index is 14.4. The summed E-state index contributed by atoms with van der Waals surface area (Å²) in [6, 6.07) is 26.9. The SMILES string of the molecule is COc1ccccc1-c1nccc(COc2ccccc2C[C@@H](Oc2ncnc3sc(-c4ccc(F)cc4)c(-c4c(C)cc(OCCN5CCN(C)CC5)cc4C)c23)C(=O)OC(C)OC(=O)N(C)C)n1. The van der Waals surface area contributed by atoms with Gasteiger partial charge in [-0.15, -0.1) is 11.3 Å². The van der Waals surface area contributed by atoms with Crippen LogP contribution in [0.2, 0.25) is 0 Å². The number of para-hydroxylation sites is 2. The first-order valence-electron chi connectivity index (χ1n) is 22.9. The van der Waals surface area contributed by atoms with Gasteiger partial charge in [-0.3, -0.25) is 4.90 Å². The molecule has 7 aromatic rings. The fourth-order valence-corrected chi connectivity index (χ4v) is 9.37. The molecule has 2 atom stereocenters. The van der Waals surface area contributed by atoms with Gasteiger partial charge >= 0.3 is 12.1 Å². The molecule has 17 heteroatoms. The number of ether oxygens (including phenoxy) is 6. The van der Waals surface area contributed by atoms with Crippen LogP contribution in [-0.2, 0) is 27.3 Å². The Hall–Kier alpha value is -7.21. The molecule has 0 radical (unpaired) electrons. The van der Waals surface area contributed by atoms with E-state index in [0.29, 0.717) is 45.4 Å². The molecule has 1 unspecified atom stereocenters. The summed E-state index contributed by atoms with van der Waals surface area (Å²) in [6.45, 7) is 11.0. The van der Waals surface area contributed by atoms with Gasteiger partial charge in [0.25, 0.3) is 0 Å². The van der Waals surface area contributed by atoms with Crippen molar-refractivity contribution in [1.82, 2.24) is 34.6 Å². The largest absolute Gasteiger partial charge is 0.496 e. The number of amides is 1. The van der Waals surface area contributed by atoms with Crippen LogP contribution in [0.5, 0.6) is 23.1 Å². The molecular weight excluding hydrogens is 914 g/mol. The topological polar surface area (TPSA) is 151 Å². The van der Waals surface area contributed by atoms with Crippen LogP contribution in [0.3, 0.4) is 0 Å². The van der Waals surface area contributed by atoms with Crippen LogP contribution < -0.4 is 18.9 Å². The van der Waals surface area contributed by atoms with Crippen LogP contribution in [-0.4, -0.2) is 127 Å². The molecule has 0 N–H and O–H groups in total. The number of aryl methyl sites for hydroxylation is 2. The summed E-state index contributed by atoms with van der Waals surface area (Å²) in [6.07, 6.45) is -0.317. The molecule has 1 amide bonds. The Morgan fingerprint density at radius 1 is 0.843 bits per heavy atom. The number of hydrogen-bond acceptors (Lipinski definition) is 15. The van der Waals surface area contributed by atoms with Crippen molar-refractivity contribution < 1.29 is 42.4 Å². The molecule has 4 heterocycles. The zero-order chi connectivity index (χ0) is 49.3. The highest BCUT2D eigenvalue weighted by Crippen LogP contribution is 2.49. The predicted molar refractivity (Wildman–Crippen MR) is 266 cm³/mol. The van der Waals surface area contributed by atoms with Crippen molar-refractivity contribution in [2.75, 3.05) is 67.6 Å². The van der Waals surface area contributed by atoms with Crippen LogP contribution in [0, 0.1) is 19.7 Å². The van der Waals surface area contributed by atoms with E-state index in [1.54, 1.807) is 37.6 Å². The molecule has 1 saturated heterocycles. The van der Waals surface area contributed by atoms with E-state index in [1.165, 1.54) is 55.7 Å². The Kier molecular flexibility index (Phi) is 15.8. The summed E-state index contributed by atoms with van der Waals surface area (Å²) >= 11 is 1.40. The van der Waals surface area contributed by atoms with Gasteiger partial charge in [-0.05, 0) is 97.2 Å². The summed E-state index contributed by atoms with van der Waals surface area (Å²) in [5, 5.41) is 0.547. The fourth-order valence-electron chi connectivity index (χ4n) is 8.22. The van der Waals surface area contributed by atoms with Gasteiger partial charge in [-0.2, -0.15) is 0 Å². The second kappa shape index (κ2) is 22.5. The first kappa shape index (κ1) is 49.2. The summed E-state index contributed by atoms with van der Waals surface area (Å²) in [4.78, 5) is 52.9. The highest BCUT2D eigenvalue weighted by atomic mass is 32.1. The van der Waals surface area contributed by atoms with Crippen molar-refractivity contribution in [3.8, 4) is 56.1 Å². The van der Waals surface area contributed by atoms with Crippen LogP contribution in [0.4, 0.5) is 9.18 Å². The molecule has 1 fully saturated rings. The third kappa shape index (κ3) is 11.8. The minimum absolute atomic E-state index is 0.0480. The van der Waals surface area contributed by atoms with E-state index in [4.69, 9.17) is 38.4 Å². The monoisotopic (exact) mass is 969 g/mol. The van der Waals surface area contributed by atoms with Gasteiger partial charge in [0.05, 0.1) is 23.8 Å². The number of thiophene rings is 1. The van der Waals surface area contributed by atoms with E-state index in [0.717, 1.165) is 76.7 Å². The van der Waals surface area contributed by atoms with Gasteiger partial charge < -0.3 is 38.2 Å². The van der Waals surface area contributed by atoms with Crippen molar-refractivity contribution in [2.24, 2.45) is 0 Å². The number of aromatic nitrogens is 4. The lowest BCUT2D eigenvalue weighted by Gasteiger charge is -2.32. The van der Waals surface area contributed by atoms with Gasteiger partial charge in [-0.1, -0.05) is 42.5 Å². The average molecular weight is 970 g/mol. The maximum Gasteiger partial charge on any atom is 0.412 e. The fraction of sp³-hybridized carbons (Fsp3) is 0.321. The lowest BCUT2D eigenvalue weighted by molar-refractivity contribution is -0.174. The number of rotatable bonds is 18. The van der Waals surface area contributed by atoms with Crippen LogP contribution in [0.25, 0.3) is 43.2 Å². The van der Waals surface area contributed by atoms with Crippen LogP contribution >= 0.6 is 11.3 Å². The molecule has 364 valence electrons. The predicted octanol–water partition coefficient (Wildman–Crippen LogP) is 9.03. The number of piperazine rings is 1. The molecule has 1 aliphatic heterocycles. The van der Waals surface area contributed by atoms with Crippen LogP contribution in [0.15, 0.2) is 104 Å². The molecular formula is C53H56FN7O8S. The number of methoxy groups -OCH3 is 1. The third-order valence-corrected chi connectivity index (χ3v) is 13.0. The van der Waals surface area contributed by atoms with Gasteiger partial charge in [0, 0.05) is 76.8 Å². The number of benzene rings is 4. The van der Waals surface area contributed by atoms with E-state index in [9.17, 15) is 14.0 Å². The number of carbonyl (C=O) groups is 2. The summed E-state index contributed by atoms with van der Waals surface area (Å²) in [5.41, 5.74) is 6.19. The van der Waals surface area contributed by atoms with Gasteiger partial charge in [-0.25, -0.2) is 33.9 Å². The Bertz CT molecular complexity index is 2920. The Morgan fingerprint density at radius 3 is 2.29 bits per heavy atom. The molecule has 70 heavy (non-hydrogen) atoms. The van der Waals surface area contributed by atoms with Gasteiger partial charge in [0.15, 0.2) is 5.82 Å². The minimum Gasteiger partial charge on any atom is -0.496 e. The molecule has 15 nitrogen and oxygen atoms in total. The first-order chi connectivity index (χ1) is 33.8. The van der Waals surface area contributed by atoms with Crippen molar-refractivity contribution in [3.63, 3.8) is 0 Å². The minimum atomic E-state index is -1.35. The average Bonchev–Trinajstić information content (AvgIpc) is 3.74. The quantitative estimate of drug-likeness (QED) is 0.0594. The van der Waals surface area contributed by atoms with E-state index in [1.807, 2.05) is 68.4 Å². The number of likely N-dealkylation sites (N-methyl/N-ethyl adjacent to an activating group) is 1. The third-order valence-electron chi connectivity index (χ3n) is 11.8. The Morgan fingerprint density at radius 2 is 1.56 bits per heavy atom. The zero-order valence-corrected chi connectivity index (χ0v) is 41.1. The second-order valence-electron chi connectivity index (χ2n) is 17.2. The van der Waals surface area contributed by atoms with Crippen molar-refractivity contribution >= 4 is 33.6 Å². The number of carbonyl (C=O) groups excluding carboxylic acids is 2. The lowest BCUT2D eigenvalue weighted by atomic mass is 9.92. The van der Waals surface area contributed by atoms with Crippen molar-refractivity contribution in [2.45, 2.75) is 46.2 Å². The van der Waals surface area contributed by atoms with E-state index < -0.39 is 24.5 Å². The van der Waals surface area contributed by atoms with Crippen molar-refractivity contribution in [3.05, 3.63) is 132 Å². The maximum atomic E-state index is 14.4. The van der Waals surface area contributed by atoms with Crippen LogP contribution in [0.1, 0.15) is 29.3 Å². The number of halogens is 1. The number of fused-ring (bicyclic) bond motifs is 1.